The molecular formula is C21H25FN2O. The van der Waals surface area contributed by atoms with Gasteiger partial charge in [0.2, 0.25) is 0 Å². The lowest BCUT2D eigenvalue weighted by Gasteiger charge is -2.35. The van der Waals surface area contributed by atoms with Crippen molar-refractivity contribution in [2.24, 2.45) is 5.41 Å². The molecule has 132 valence electrons. The maximum Gasteiger partial charge on any atom is 0.123 e. The highest BCUT2D eigenvalue weighted by Gasteiger charge is 2.34. The second-order valence-electron chi connectivity index (χ2n) is 7.23. The average Bonchev–Trinajstić information content (AvgIpc) is 2.96. The van der Waals surface area contributed by atoms with E-state index in [1.54, 1.807) is 12.1 Å². The molecule has 3 rings (SSSR count). The number of aliphatic hydroxyl groups excluding tert-OH is 1. The normalized spacial score (nSPS) is 20.7. The molecule has 1 unspecified atom stereocenters. The lowest BCUT2D eigenvalue weighted by atomic mass is 9.70. The number of nitrogens with zero attached hydrogens (tertiary/aromatic N) is 2. The van der Waals surface area contributed by atoms with Gasteiger partial charge in [-0.1, -0.05) is 18.6 Å². The van der Waals surface area contributed by atoms with Crippen LogP contribution in [0.5, 0.6) is 0 Å². The van der Waals surface area contributed by atoms with Crippen LogP contribution in [-0.4, -0.2) is 21.0 Å². The molecule has 2 atom stereocenters. The van der Waals surface area contributed by atoms with Gasteiger partial charge in [0.1, 0.15) is 5.82 Å². The predicted molar refractivity (Wildman–Crippen MR) is 99.0 cm³/mol. The van der Waals surface area contributed by atoms with E-state index in [-0.39, 0.29) is 17.3 Å². The van der Waals surface area contributed by atoms with E-state index in [1.807, 2.05) is 17.0 Å². The van der Waals surface area contributed by atoms with Crippen LogP contribution in [0.15, 0.2) is 48.7 Å². The molecule has 1 aromatic carbocycles. The minimum atomic E-state index is -0.333. The number of halogens is 1. The van der Waals surface area contributed by atoms with Crippen molar-refractivity contribution in [3.63, 3.8) is 0 Å². The van der Waals surface area contributed by atoms with Crippen LogP contribution in [0.3, 0.4) is 0 Å². The van der Waals surface area contributed by atoms with Crippen molar-refractivity contribution in [2.45, 2.75) is 45.6 Å². The van der Waals surface area contributed by atoms with Gasteiger partial charge in [-0.2, -0.15) is 5.10 Å². The molecule has 0 fully saturated rings. The fourth-order valence-corrected chi connectivity index (χ4v) is 3.57. The van der Waals surface area contributed by atoms with E-state index in [9.17, 15) is 9.50 Å². The zero-order chi connectivity index (χ0) is 18.0. The minimum Gasteiger partial charge on any atom is -0.393 e. The summed E-state index contributed by atoms with van der Waals surface area (Å²) in [4.78, 5) is 0. The molecule has 0 radical (unpaired) electrons. The first-order valence-electron chi connectivity index (χ1n) is 8.73. The van der Waals surface area contributed by atoms with Gasteiger partial charge in [-0.25, -0.2) is 9.07 Å². The molecule has 25 heavy (non-hydrogen) atoms. The van der Waals surface area contributed by atoms with Gasteiger partial charge < -0.3 is 5.11 Å². The number of hydrogen-bond acceptors (Lipinski definition) is 2. The Labute approximate surface area is 148 Å². The van der Waals surface area contributed by atoms with Gasteiger partial charge in [0.05, 0.1) is 23.7 Å². The zero-order valence-electron chi connectivity index (χ0n) is 14.9. The quantitative estimate of drug-likeness (QED) is 0.775. The van der Waals surface area contributed by atoms with Crippen molar-refractivity contribution < 1.29 is 9.50 Å². The summed E-state index contributed by atoms with van der Waals surface area (Å²) in [6.45, 7) is 8.04. The Balaban J connectivity index is 1.86. The summed E-state index contributed by atoms with van der Waals surface area (Å²) in [5.41, 5.74) is 4.21. The molecular weight excluding hydrogens is 315 g/mol. The highest BCUT2D eigenvalue weighted by molar-refractivity contribution is 5.60. The monoisotopic (exact) mass is 340 g/mol. The van der Waals surface area contributed by atoms with Gasteiger partial charge in [0.25, 0.3) is 0 Å². The average molecular weight is 340 g/mol. The fraction of sp³-hybridized carbons (Fsp3) is 0.381. The zero-order valence-corrected chi connectivity index (χ0v) is 14.9. The number of hydrogen-bond donors (Lipinski definition) is 1. The second-order valence-corrected chi connectivity index (χ2v) is 7.23. The Morgan fingerprint density at radius 2 is 2.12 bits per heavy atom. The van der Waals surface area contributed by atoms with E-state index in [0.29, 0.717) is 0 Å². The number of fused-ring (bicyclic) bond motifs is 1. The molecule has 0 amide bonds. The van der Waals surface area contributed by atoms with Gasteiger partial charge in [0, 0.05) is 0 Å². The van der Waals surface area contributed by atoms with Crippen molar-refractivity contribution in [3.05, 3.63) is 65.8 Å². The summed E-state index contributed by atoms with van der Waals surface area (Å²) < 4.78 is 15.0. The van der Waals surface area contributed by atoms with Gasteiger partial charge in [-0.15, -0.1) is 6.58 Å². The van der Waals surface area contributed by atoms with Crippen molar-refractivity contribution in [3.8, 4) is 5.69 Å². The van der Waals surface area contributed by atoms with Gasteiger partial charge in [0.15, 0.2) is 0 Å². The van der Waals surface area contributed by atoms with Gasteiger partial charge in [-0.3, -0.25) is 0 Å². The number of benzene rings is 1. The Kier molecular flexibility index (Phi) is 4.91. The number of allylic oxidation sites excluding steroid dienone is 2. The Morgan fingerprint density at radius 1 is 1.40 bits per heavy atom. The molecule has 1 aromatic heterocycles. The summed E-state index contributed by atoms with van der Waals surface area (Å²) in [7, 11) is 0. The number of rotatable bonds is 6. The number of aliphatic hydroxyl groups is 1. The first-order chi connectivity index (χ1) is 11.9. The van der Waals surface area contributed by atoms with Crippen LogP contribution in [-0.2, 0) is 6.42 Å². The molecule has 0 bridgehead atoms. The maximum absolute atomic E-state index is 13.2. The smallest absolute Gasteiger partial charge is 0.123 e. The van der Waals surface area contributed by atoms with Crippen molar-refractivity contribution in [1.82, 2.24) is 9.78 Å². The third kappa shape index (κ3) is 3.59. The molecule has 1 N–H and O–H groups in total. The molecule has 0 aliphatic heterocycles. The summed E-state index contributed by atoms with van der Waals surface area (Å²) in [6, 6.07) is 6.36. The largest absolute Gasteiger partial charge is 0.393 e. The minimum absolute atomic E-state index is 0.0791. The summed E-state index contributed by atoms with van der Waals surface area (Å²) in [5, 5.41) is 14.8. The first-order valence-corrected chi connectivity index (χ1v) is 8.73. The Bertz CT molecular complexity index is 791. The van der Waals surface area contributed by atoms with Crippen molar-refractivity contribution in [2.75, 3.05) is 0 Å². The molecule has 1 aliphatic rings. The third-order valence-electron chi connectivity index (χ3n) is 5.23. The third-order valence-corrected chi connectivity index (χ3v) is 5.23. The van der Waals surface area contributed by atoms with Crippen LogP contribution < -0.4 is 0 Å². The maximum atomic E-state index is 13.2. The van der Waals surface area contributed by atoms with E-state index in [0.717, 1.165) is 42.6 Å². The van der Waals surface area contributed by atoms with Gasteiger partial charge >= 0.3 is 0 Å². The van der Waals surface area contributed by atoms with Crippen LogP contribution >= 0.6 is 0 Å². The molecule has 0 saturated heterocycles. The van der Waals surface area contributed by atoms with Crippen LogP contribution in [0.4, 0.5) is 4.39 Å². The molecule has 3 nitrogen and oxygen atoms in total. The SMILES string of the molecule is C=CCCC(O)C[C@]1(C)Cc2cnn(-c3ccc(F)cc3)c2C=C1C. The fourth-order valence-electron chi connectivity index (χ4n) is 3.57. The van der Waals surface area contributed by atoms with E-state index < -0.39 is 0 Å². The lowest BCUT2D eigenvalue weighted by molar-refractivity contribution is 0.113. The molecule has 1 aliphatic carbocycles. The van der Waals surface area contributed by atoms with Crippen LogP contribution in [0.25, 0.3) is 11.8 Å². The second kappa shape index (κ2) is 6.96. The topological polar surface area (TPSA) is 38.1 Å². The highest BCUT2D eigenvalue weighted by Crippen LogP contribution is 2.42. The molecule has 0 saturated carbocycles. The van der Waals surface area contributed by atoms with E-state index in [4.69, 9.17) is 0 Å². The molecule has 1 heterocycles. The van der Waals surface area contributed by atoms with Crippen LogP contribution in [0.2, 0.25) is 0 Å². The van der Waals surface area contributed by atoms with Crippen LogP contribution in [0, 0.1) is 11.2 Å². The summed E-state index contributed by atoms with van der Waals surface area (Å²) in [6.07, 6.45) is 8.69. The summed E-state index contributed by atoms with van der Waals surface area (Å²) in [5.74, 6) is -0.252. The standard InChI is InChI=1S/C21H25FN2O/c1-4-5-6-19(25)13-21(3)12-16-14-23-24(20(16)11-15(21)2)18-9-7-17(22)8-10-18/h4,7-11,14,19,25H,1,5-6,12-13H2,2-3H3/t19?,21-/m0/s1. The van der Waals surface area contributed by atoms with Crippen LogP contribution in [0.1, 0.15) is 44.4 Å². The van der Waals surface area contributed by atoms with E-state index in [1.165, 1.54) is 17.7 Å². The first kappa shape index (κ1) is 17.6. The molecule has 2 aromatic rings. The van der Waals surface area contributed by atoms with Gasteiger partial charge in [-0.05, 0) is 73.9 Å². The summed E-state index contributed by atoms with van der Waals surface area (Å²) >= 11 is 0. The predicted octanol–water partition coefficient (Wildman–Crippen LogP) is 4.69. The van der Waals surface area contributed by atoms with Crippen molar-refractivity contribution in [1.29, 1.82) is 0 Å². The highest BCUT2D eigenvalue weighted by atomic mass is 19.1. The Hall–Kier alpha value is -2.20. The molecule has 4 heteroatoms. The molecule has 0 spiro atoms. The van der Waals surface area contributed by atoms with Crippen molar-refractivity contribution >= 4 is 6.08 Å². The van der Waals surface area contributed by atoms with E-state index in [2.05, 4.69) is 31.6 Å². The lowest BCUT2D eigenvalue weighted by Crippen LogP contribution is -2.29. The Morgan fingerprint density at radius 3 is 2.80 bits per heavy atom. The van der Waals surface area contributed by atoms with E-state index >= 15 is 0 Å². The number of aromatic nitrogens is 2.